The van der Waals surface area contributed by atoms with Crippen molar-refractivity contribution in [2.75, 3.05) is 11.9 Å². The maximum Gasteiger partial charge on any atom is 0.328 e. The van der Waals surface area contributed by atoms with Crippen molar-refractivity contribution in [1.82, 2.24) is 4.98 Å². The van der Waals surface area contributed by atoms with Crippen LogP contribution in [0.25, 0.3) is 6.08 Å². The van der Waals surface area contributed by atoms with E-state index in [1.165, 1.54) is 12.3 Å². The monoisotopic (exact) mass is 256 g/mol. The number of carbonyl (C=O) groups is 2. The Labute approximate surface area is 103 Å². The van der Waals surface area contributed by atoms with Gasteiger partial charge in [0.25, 0.3) is 5.91 Å². The summed E-state index contributed by atoms with van der Waals surface area (Å²) in [6, 6.07) is 1.61. The van der Waals surface area contributed by atoms with Crippen LogP contribution in [0.3, 0.4) is 0 Å². The number of aromatic nitrogens is 1. The molecule has 0 saturated heterocycles. The first-order valence-electron chi connectivity index (χ1n) is 4.49. The van der Waals surface area contributed by atoms with Crippen LogP contribution in [0.1, 0.15) is 5.56 Å². The molecule has 7 heteroatoms. The number of pyridine rings is 1. The summed E-state index contributed by atoms with van der Waals surface area (Å²) in [4.78, 5) is 25.2. The predicted octanol–water partition coefficient (Wildman–Crippen LogP) is 0.932. The van der Waals surface area contributed by atoms with Gasteiger partial charge in [-0.25, -0.2) is 9.78 Å². The van der Waals surface area contributed by atoms with Crippen molar-refractivity contribution in [2.24, 2.45) is 0 Å². The second-order valence-electron chi connectivity index (χ2n) is 3.12. The SMILES string of the molecule is Cl.O=C(O)/C=C/c1cnc2c(c1)OCC(=O)N2. The minimum absolute atomic E-state index is 0. The second-order valence-corrected chi connectivity index (χ2v) is 3.12. The van der Waals surface area contributed by atoms with Crippen LogP contribution in [0.15, 0.2) is 18.3 Å². The van der Waals surface area contributed by atoms with Crippen LogP contribution >= 0.6 is 12.4 Å². The van der Waals surface area contributed by atoms with E-state index in [-0.39, 0.29) is 24.9 Å². The van der Waals surface area contributed by atoms with E-state index in [1.54, 1.807) is 6.07 Å². The van der Waals surface area contributed by atoms with Gasteiger partial charge >= 0.3 is 5.97 Å². The quantitative estimate of drug-likeness (QED) is 0.769. The summed E-state index contributed by atoms with van der Waals surface area (Å²) < 4.78 is 5.13. The largest absolute Gasteiger partial charge is 0.480 e. The molecule has 1 aliphatic heterocycles. The van der Waals surface area contributed by atoms with E-state index < -0.39 is 5.97 Å². The van der Waals surface area contributed by atoms with Gasteiger partial charge in [0, 0.05) is 12.3 Å². The van der Waals surface area contributed by atoms with Gasteiger partial charge < -0.3 is 15.2 Å². The van der Waals surface area contributed by atoms with Gasteiger partial charge in [0.15, 0.2) is 18.2 Å². The lowest BCUT2D eigenvalue weighted by atomic mass is 10.2. The molecule has 2 heterocycles. The number of hydrogen-bond donors (Lipinski definition) is 2. The Morgan fingerprint density at radius 1 is 1.59 bits per heavy atom. The Kier molecular flexibility index (Phi) is 4.06. The molecule has 1 aromatic rings. The van der Waals surface area contributed by atoms with Crippen LogP contribution in [-0.4, -0.2) is 28.6 Å². The zero-order valence-electron chi connectivity index (χ0n) is 8.54. The third kappa shape index (κ3) is 3.18. The Morgan fingerprint density at radius 3 is 3.06 bits per heavy atom. The molecule has 90 valence electrons. The average Bonchev–Trinajstić information content (AvgIpc) is 2.26. The maximum absolute atomic E-state index is 11.0. The molecule has 0 saturated carbocycles. The van der Waals surface area contributed by atoms with Crippen LogP contribution in [-0.2, 0) is 9.59 Å². The zero-order valence-corrected chi connectivity index (χ0v) is 9.36. The standard InChI is InChI=1S/C10H8N2O4.ClH/c13-8-5-16-7-3-6(1-2-9(14)15)4-11-10(7)12-8;/h1-4H,5H2,(H,14,15)(H,11,12,13);1H/b2-1+;. The molecule has 0 bridgehead atoms. The maximum atomic E-state index is 11.0. The summed E-state index contributed by atoms with van der Waals surface area (Å²) in [6.45, 7) is -0.0548. The Morgan fingerprint density at radius 2 is 2.35 bits per heavy atom. The predicted molar refractivity (Wildman–Crippen MR) is 62.3 cm³/mol. The number of carboxylic acid groups (broad SMARTS) is 1. The third-order valence-electron chi connectivity index (χ3n) is 1.91. The summed E-state index contributed by atoms with van der Waals surface area (Å²) >= 11 is 0. The van der Waals surface area contributed by atoms with Gasteiger partial charge in [-0.15, -0.1) is 12.4 Å². The first kappa shape index (κ1) is 13.0. The van der Waals surface area contributed by atoms with Gasteiger partial charge in [0.1, 0.15) is 0 Å². The zero-order chi connectivity index (χ0) is 11.5. The molecule has 6 nitrogen and oxygen atoms in total. The van der Waals surface area contributed by atoms with E-state index in [9.17, 15) is 9.59 Å². The van der Waals surface area contributed by atoms with Gasteiger partial charge in [-0.05, 0) is 17.7 Å². The van der Waals surface area contributed by atoms with E-state index in [2.05, 4.69) is 10.3 Å². The highest BCUT2D eigenvalue weighted by Crippen LogP contribution is 2.26. The van der Waals surface area contributed by atoms with E-state index in [4.69, 9.17) is 9.84 Å². The van der Waals surface area contributed by atoms with E-state index in [1.807, 2.05) is 0 Å². The van der Waals surface area contributed by atoms with Crippen molar-refractivity contribution in [3.63, 3.8) is 0 Å². The fourth-order valence-corrected chi connectivity index (χ4v) is 1.23. The molecule has 2 N–H and O–H groups in total. The number of amides is 1. The van der Waals surface area contributed by atoms with Gasteiger partial charge in [-0.3, -0.25) is 4.79 Å². The number of carbonyl (C=O) groups excluding carboxylic acids is 1. The number of rotatable bonds is 2. The van der Waals surface area contributed by atoms with Gasteiger partial charge in [0.05, 0.1) is 0 Å². The van der Waals surface area contributed by atoms with Crippen molar-refractivity contribution >= 4 is 36.2 Å². The Balaban J connectivity index is 0.00000144. The average molecular weight is 257 g/mol. The van der Waals surface area contributed by atoms with Gasteiger partial charge in [-0.1, -0.05) is 0 Å². The number of ether oxygens (including phenoxy) is 1. The molecule has 17 heavy (non-hydrogen) atoms. The minimum atomic E-state index is -1.04. The lowest BCUT2D eigenvalue weighted by molar-refractivity contribution is -0.131. The number of halogens is 1. The van der Waals surface area contributed by atoms with E-state index in [0.29, 0.717) is 17.1 Å². The summed E-state index contributed by atoms with van der Waals surface area (Å²) in [5, 5.41) is 11.0. The lowest BCUT2D eigenvalue weighted by Gasteiger charge is -2.16. The van der Waals surface area contributed by atoms with Crippen molar-refractivity contribution in [3.05, 3.63) is 23.9 Å². The highest BCUT2D eigenvalue weighted by molar-refractivity contribution is 5.94. The van der Waals surface area contributed by atoms with E-state index in [0.717, 1.165) is 6.08 Å². The molecule has 1 amide bonds. The number of anilines is 1. The van der Waals surface area contributed by atoms with Gasteiger partial charge in [0.2, 0.25) is 0 Å². The van der Waals surface area contributed by atoms with E-state index >= 15 is 0 Å². The molecule has 0 unspecified atom stereocenters. The Hall–Kier alpha value is -2.08. The number of fused-ring (bicyclic) bond motifs is 1. The summed E-state index contributed by atoms with van der Waals surface area (Å²) in [5.41, 5.74) is 0.595. The molecular weight excluding hydrogens is 248 g/mol. The molecule has 2 rings (SSSR count). The summed E-state index contributed by atoms with van der Waals surface area (Å²) in [7, 11) is 0. The number of nitrogens with zero attached hydrogens (tertiary/aromatic N) is 1. The number of aliphatic carboxylic acids is 1. The first-order chi connectivity index (χ1) is 7.65. The normalized spacial score (nSPS) is 13.3. The highest BCUT2D eigenvalue weighted by Gasteiger charge is 2.16. The second kappa shape index (κ2) is 5.31. The number of nitrogens with one attached hydrogen (secondary N) is 1. The molecule has 1 aliphatic rings. The molecule has 0 atom stereocenters. The highest BCUT2D eigenvalue weighted by atomic mass is 35.5. The lowest BCUT2D eigenvalue weighted by Crippen LogP contribution is -2.26. The molecule has 0 fully saturated rings. The summed E-state index contributed by atoms with van der Waals surface area (Å²) in [6.07, 6.45) is 3.85. The van der Waals surface area contributed by atoms with Crippen molar-refractivity contribution in [3.8, 4) is 5.75 Å². The van der Waals surface area contributed by atoms with Crippen molar-refractivity contribution in [2.45, 2.75) is 0 Å². The minimum Gasteiger partial charge on any atom is -0.480 e. The fourth-order valence-electron chi connectivity index (χ4n) is 1.23. The summed E-state index contributed by atoms with van der Waals surface area (Å²) in [5.74, 6) is -0.503. The Bertz CT molecular complexity index is 487. The third-order valence-corrected chi connectivity index (χ3v) is 1.91. The van der Waals surface area contributed by atoms with Crippen LogP contribution in [0.5, 0.6) is 5.75 Å². The smallest absolute Gasteiger partial charge is 0.328 e. The van der Waals surface area contributed by atoms with Crippen LogP contribution < -0.4 is 10.1 Å². The molecule has 1 aromatic heterocycles. The molecule has 0 aliphatic carbocycles. The number of carboxylic acids is 1. The number of hydrogen-bond acceptors (Lipinski definition) is 4. The van der Waals surface area contributed by atoms with Crippen molar-refractivity contribution in [1.29, 1.82) is 0 Å². The first-order valence-corrected chi connectivity index (χ1v) is 4.49. The van der Waals surface area contributed by atoms with Crippen molar-refractivity contribution < 1.29 is 19.4 Å². The van der Waals surface area contributed by atoms with Gasteiger partial charge in [-0.2, -0.15) is 0 Å². The van der Waals surface area contributed by atoms with Crippen LogP contribution in [0.4, 0.5) is 5.82 Å². The van der Waals surface area contributed by atoms with Crippen LogP contribution in [0, 0.1) is 0 Å². The topological polar surface area (TPSA) is 88.5 Å². The fraction of sp³-hybridized carbons (Fsp3) is 0.100. The molecule has 0 aromatic carbocycles. The molecular formula is C10H9ClN2O4. The molecule has 0 spiro atoms. The molecule has 0 radical (unpaired) electrons. The van der Waals surface area contributed by atoms with Crippen LogP contribution in [0.2, 0.25) is 0 Å².